The Bertz CT molecular complexity index is 397. The van der Waals surface area contributed by atoms with Crippen LogP contribution in [0.1, 0.15) is 20.3 Å². The molecule has 0 saturated heterocycles. The number of amides is 3. The molecule has 0 unspecified atom stereocenters. The summed E-state index contributed by atoms with van der Waals surface area (Å²) in [4.78, 5) is 44.6. The van der Waals surface area contributed by atoms with E-state index in [4.69, 9.17) is 10.8 Å². The van der Waals surface area contributed by atoms with Gasteiger partial charge in [0.15, 0.2) is 0 Å². The SMILES string of the molecule is CC(C)C[C@H](NC(=O)CNC(=O)CNC(=O)CN)C(=O)O. The van der Waals surface area contributed by atoms with Crippen molar-refractivity contribution in [2.75, 3.05) is 19.6 Å². The highest BCUT2D eigenvalue weighted by Crippen LogP contribution is 2.04. The number of carbonyl (C=O) groups excluding carboxylic acids is 3. The molecule has 0 radical (unpaired) electrons. The fraction of sp³-hybridized carbons (Fsp3) is 0.667. The second-order valence-electron chi connectivity index (χ2n) is 4.85. The molecule has 0 aliphatic carbocycles. The molecule has 0 spiro atoms. The summed E-state index contributed by atoms with van der Waals surface area (Å²) in [5.41, 5.74) is 5.04. The van der Waals surface area contributed by atoms with Gasteiger partial charge in [-0.3, -0.25) is 14.4 Å². The molecule has 0 aromatic rings. The number of hydrogen-bond acceptors (Lipinski definition) is 5. The minimum absolute atomic E-state index is 0.104. The topological polar surface area (TPSA) is 151 Å². The van der Waals surface area contributed by atoms with Crippen molar-refractivity contribution in [1.29, 1.82) is 0 Å². The van der Waals surface area contributed by atoms with Crippen molar-refractivity contribution >= 4 is 23.7 Å². The molecule has 0 rings (SSSR count). The largest absolute Gasteiger partial charge is 0.480 e. The van der Waals surface area contributed by atoms with E-state index in [0.29, 0.717) is 6.42 Å². The highest BCUT2D eigenvalue weighted by atomic mass is 16.4. The Balaban J connectivity index is 4.10. The van der Waals surface area contributed by atoms with E-state index in [0.717, 1.165) is 0 Å². The summed E-state index contributed by atoms with van der Waals surface area (Å²) in [5, 5.41) is 15.8. The Hall–Kier alpha value is -2.16. The van der Waals surface area contributed by atoms with Crippen LogP contribution in [0, 0.1) is 5.92 Å². The number of carboxylic acid groups (broad SMARTS) is 1. The summed E-state index contributed by atoms with van der Waals surface area (Å²) >= 11 is 0. The lowest BCUT2D eigenvalue weighted by Gasteiger charge is -2.16. The first-order chi connectivity index (χ1) is 9.76. The van der Waals surface area contributed by atoms with E-state index in [2.05, 4.69) is 16.0 Å². The van der Waals surface area contributed by atoms with Crippen LogP contribution in [-0.4, -0.2) is 54.5 Å². The predicted octanol–water partition coefficient (Wildman–Crippen LogP) is -2.21. The number of nitrogens with two attached hydrogens (primary N) is 1. The normalized spacial score (nSPS) is 11.6. The van der Waals surface area contributed by atoms with Crippen LogP contribution in [0.2, 0.25) is 0 Å². The Morgan fingerprint density at radius 2 is 1.52 bits per heavy atom. The molecular formula is C12H22N4O5. The van der Waals surface area contributed by atoms with Gasteiger partial charge < -0.3 is 26.8 Å². The number of nitrogens with one attached hydrogen (secondary N) is 3. The van der Waals surface area contributed by atoms with Gasteiger partial charge in [0.25, 0.3) is 0 Å². The highest BCUT2D eigenvalue weighted by Gasteiger charge is 2.21. The van der Waals surface area contributed by atoms with E-state index in [9.17, 15) is 19.2 Å². The van der Waals surface area contributed by atoms with Gasteiger partial charge in [0.05, 0.1) is 19.6 Å². The van der Waals surface area contributed by atoms with E-state index in [-0.39, 0.29) is 25.6 Å². The van der Waals surface area contributed by atoms with Crippen LogP contribution in [0.3, 0.4) is 0 Å². The monoisotopic (exact) mass is 302 g/mol. The van der Waals surface area contributed by atoms with E-state index in [1.807, 2.05) is 13.8 Å². The van der Waals surface area contributed by atoms with E-state index in [1.165, 1.54) is 0 Å². The van der Waals surface area contributed by atoms with Crippen LogP contribution in [0.5, 0.6) is 0 Å². The van der Waals surface area contributed by atoms with Crippen LogP contribution in [0.4, 0.5) is 0 Å². The molecular weight excluding hydrogens is 280 g/mol. The quantitative estimate of drug-likeness (QED) is 0.326. The van der Waals surface area contributed by atoms with Crippen molar-refractivity contribution in [2.45, 2.75) is 26.3 Å². The number of aliphatic carboxylic acids is 1. The molecule has 1 atom stereocenters. The molecule has 21 heavy (non-hydrogen) atoms. The highest BCUT2D eigenvalue weighted by molar-refractivity contribution is 5.90. The van der Waals surface area contributed by atoms with Gasteiger partial charge in [-0.05, 0) is 12.3 Å². The average molecular weight is 302 g/mol. The van der Waals surface area contributed by atoms with Crippen molar-refractivity contribution < 1.29 is 24.3 Å². The van der Waals surface area contributed by atoms with Crippen molar-refractivity contribution in [3.63, 3.8) is 0 Å². The van der Waals surface area contributed by atoms with Crippen molar-refractivity contribution in [3.8, 4) is 0 Å². The average Bonchev–Trinajstić information content (AvgIpc) is 2.41. The molecule has 9 heteroatoms. The van der Waals surface area contributed by atoms with Crippen LogP contribution in [0.25, 0.3) is 0 Å². The van der Waals surface area contributed by atoms with E-state index < -0.39 is 29.7 Å². The lowest BCUT2D eigenvalue weighted by Crippen LogP contribution is -2.47. The molecule has 3 amide bonds. The van der Waals surface area contributed by atoms with Gasteiger partial charge in [-0.25, -0.2) is 4.79 Å². The van der Waals surface area contributed by atoms with Gasteiger partial charge in [0, 0.05) is 0 Å². The lowest BCUT2D eigenvalue weighted by molar-refractivity contribution is -0.142. The standard InChI is InChI=1S/C12H22N4O5/c1-7(2)3-8(12(20)21)16-11(19)6-15-10(18)5-14-9(17)4-13/h7-8H,3-6,13H2,1-2H3,(H,14,17)(H,15,18)(H,16,19)(H,20,21)/t8-/m0/s1. The van der Waals surface area contributed by atoms with Crippen LogP contribution < -0.4 is 21.7 Å². The first-order valence-corrected chi connectivity index (χ1v) is 6.51. The Labute approximate surface area is 122 Å². The molecule has 0 aromatic heterocycles. The molecule has 9 nitrogen and oxygen atoms in total. The van der Waals surface area contributed by atoms with Gasteiger partial charge in [0.2, 0.25) is 17.7 Å². The van der Waals surface area contributed by atoms with Crippen molar-refractivity contribution in [3.05, 3.63) is 0 Å². The smallest absolute Gasteiger partial charge is 0.326 e. The Morgan fingerprint density at radius 1 is 1.00 bits per heavy atom. The predicted molar refractivity (Wildman–Crippen MR) is 74.1 cm³/mol. The third kappa shape index (κ3) is 9.38. The molecule has 0 aliphatic heterocycles. The van der Waals surface area contributed by atoms with E-state index >= 15 is 0 Å². The van der Waals surface area contributed by atoms with Crippen molar-refractivity contribution in [1.82, 2.24) is 16.0 Å². The molecule has 6 N–H and O–H groups in total. The zero-order chi connectivity index (χ0) is 16.4. The third-order valence-electron chi connectivity index (χ3n) is 2.42. The van der Waals surface area contributed by atoms with Gasteiger partial charge in [0.1, 0.15) is 6.04 Å². The van der Waals surface area contributed by atoms with Crippen LogP contribution in [-0.2, 0) is 19.2 Å². The minimum Gasteiger partial charge on any atom is -0.480 e. The number of carbonyl (C=O) groups is 4. The second-order valence-corrected chi connectivity index (χ2v) is 4.85. The van der Waals surface area contributed by atoms with E-state index in [1.54, 1.807) is 0 Å². The fourth-order valence-electron chi connectivity index (χ4n) is 1.43. The summed E-state index contributed by atoms with van der Waals surface area (Å²) in [7, 11) is 0. The summed E-state index contributed by atoms with van der Waals surface area (Å²) in [6.45, 7) is 2.79. The molecule has 0 fully saturated rings. The number of hydrogen-bond donors (Lipinski definition) is 5. The van der Waals surface area contributed by atoms with Gasteiger partial charge in [-0.15, -0.1) is 0 Å². The third-order valence-corrected chi connectivity index (χ3v) is 2.42. The molecule has 0 bridgehead atoms. The molecule has 0 aromatic carbocycles. The lowest BCUT2D eigenvalue weighted by atomic mass is 10.0. The zero-order valence-corrected chi connectivity index (χ0v) is 12.1. The Kier molecular flexibility index (Phi) is 8.70. The number of rotatable bonds is 9. The summed E-state index contributed by atoms with van der Waals surface area (Å²) in [6.07, 6.45) is 0.293. The maximum absolute atomic E-state index is 11.5. The van der Waals surface area contributed by atoms with Gasteiger partial charge in [-0.1, -0.05) is 13.8 Å². The van der Waals surface area contributed by atoms with Crippen LogP contribution in [0.15, 0.2) is 0 Å². The molecule has 120 valence electrons. The molecule has 0 heterocycles. The summed E-state index contributed by atoms with van der Waals surface area (Å²) in [5.74, 6) is -2.69. The zero-order valence-electron chi connectivity index (χ0n) is 12.1. The molecule has 0 aliphatic rings. The summed E-state index contributed by atoms with van der Waals surface area (Å²) in [6, 6.07) is -0.994. The first kappa shape index (κ1) is 18.8. The van der Waals surface area contributed by atoms with Gasteiger partial charge >= 0.3 is 5.97 Å². The molecule has 0 saturated carbocycles. The maximum Gasteiger partial charge on any atom is 0.326 e. The van der Waals surface area contributed by atoms with Crippen LogP contribution >= 0.6 is 0 Å². The first-order valence-electron chi connectivity index (χ1n) is 6.51. The Morgan fingerprint density at radius 3 is 2.00 bits per heavy atom. The minimum atomic E-state index is -1.13. The number of carboxylic acids is 1. The van der Waals surface area contributed by atoms with Crippen molar-refractivity contribution in [2.24, 2.45) is 11.7 Å². The second kappa shape index (κ2) is 9.70. The summed E-state index contributed by atoms with van der Waals surface area (Å²) < 4.78 is 0. The fourth-order valence-corrected chi connectivity index (χ4v) is 1.43. The van der Waals surface area contributed by atoms with Gasteiger partial charge in [-0.2, -0.15) is 0 Å². The maximum atomic E-state index is 11.5.